The maximum atomic E-state index is 12.7. The summed E-state index contributed by atoms with van der Waals surface area (Å²) in [5.74, 6) is -8.99. The molecule has 17 nitrogen and oxygen atoms in total. The normalized spacial score (nSPS) is 13.9. The first-order chi connectivity index (χ1) is 16.1. The summed E-state index contributed by atoms with van der Waals surface area (Å²) in [4.78, 5) is 92.9. The van der Waals surface area contributed by atoms with Crippen molar-refractivity contribution in [3.05, 3.63) is 0 Å². The highest BCUT2D eigenvalue weighted by molar-refractivity contribution is 5.97. The number of carboxylic acids is 2. The van der Waals surface area contributed by atoms with E-state index in [1.807, 2.05) is 0 Å². The number of rotatable bonds is 17. The third-order valence-electron chi connectivity index (χ3n) is 4.37. The van der Waals surface area contributed by atoms with Crippen LogP contribution >= 0.6 is 0 Å². The van der Waals surface area contributed by atoms with Gasteiger partial charge in [-0.15, -0.1) is 0 Å². The largest absolute Gasteiger partial charge is 0.481 e. The van der Waals surface area contributed by atoms with Crippen LogP contribution in [-0.2, 0) is 38.4 Å². The molecule has 6 amide bonds. The van der Waals surface area contributed by atoms with E-state index in [0.717, 1.165) is 0 Å². The number of nitrogens with one attached hydrogen (secondary N) is 3. The lowest BCUT2D eigenvalue weighted by atomic mass is 10.1. The van der Waals surface area contributed by atoms with Crippen molar-refractivity contribution in [3.63, 3.8) is 0 Å². The van der Waals surface area contributed by atoms with Crippen molar-refractivity contribution in [2.24, 2.45) is 22.9 Å². The average Bonchev–Trinajstić information content (AvgIpc) is 2.71. The molecule has 35 heavy (non-hydrogen) atoms. The summed E-state index contributed by atoms with van der Waals surface area (Å²) in [6.07, 6.45) is -3.25. The molecular formula is C18H29N7O10. The first kappa shape index (κ1) is 30.7. The summed E-state index contributed by atoms with van der Waals surface area (Å²) >= 11 is 0. The monoisotopic (exact) mass is 503 g/mol. The lowest BCUT2D eigenvalue weighted by Gasteiger charge is -2.24. The van der Waals surface area contributed by atoms with E-state index >= 15 is 0 Å². The first-order valence-corrected chi connectivity index (χ1v) is 10.1. The number of amides is 6. The minimum absolute atomic E-state index is 0.381. The van der Waals surface area contributed by atoms with Gasteiger partial charge in [-0.3, -0.25) is 33.6 Å². The standard InChI is InChI=1S/C18H29N7O10/c19-7(5-12(21)27)15(31)25-10(6-13(22)28)17(33)23-8(2-4-14(29)30)16(32)24-9(18(34)35)1-3-11(20)26/h7-10H,1-6,19H2,(H2,20,26)(H2,21,27)(H2,22,28)(H,23,33)(H,24,32)(H,25,31)(H,29,30)(H,34,35). The minimum atomic E-state index is -1.68. The number of nitrogens with two attached hydrogens (primary N) is 4. The lowest BCUT2D eigenvalue weighted by molar-refractivity contribution is -0.143. The zero-order chi connectivity index (χ0) is 27.3. The number of carbonyl (C=O) groups is 8. The lowest BCUT2D eigenvalue weighted by Crippen LogP contribution is -2.58. The van der Waals surface area contributed by atoms with Crippen LogP contribution in [-0.4, -0.2) is 81.8 Å². The Hall–Kier alpha value is -4.28. The molecule has 4 unspecified atom stereocenters. The first-order valence-electron chi connectivity index (χ1n) is 10.1. The molecule has 0 aliphatic carbocycles. The molecule has 0 aliphatic heterocycles. The van der Waals surface area contributed by atoms with Gasteiger partial charge in [0.2, 0.25) is 35.4 Å². The summed E-state index contributed by atoms with van der Waals surface area (Å²) in [5, 5.41) is 24.4. The smallest absolute Gasteiger partial charge is 0.326 e. The molecule has 13 N–H and O–H groups in total. The van der Waals surface area contributed by atoms with E-state index < -0.39 is 97.2 Å². The van der Waals surface area contributed by atoms with Crippen molar-refractivity contribution in [1.82, 2.24) is 16.0 Å². The fourth-order valence-electron chi connectivity index (χ4n) is 2.62. The topological polar surface area (TPSA) is 317 Å². The second-order valence-corrected chi connectivity index (χ2v) is 7.41. The molecule has 0 fully saturated rings. The quantitative estimate of drug-likeness (QED) is 0.0902. The molecule has 0 spiro atoms. The van der Waals surface area contributed by atoms with Crippen molar-refractivity contribution in [1.29, 1.82) is 0 Å². The molecular weight excluding hydrogens is 474 g/mol. The Balaban J connectivity index is 5.62. The summed E-state index contributed by atoms with van der Waals surface area (Å²) in [6, 6.07) is -6.36. The zero-order valence-corrected chi connectivity index (χ0v) is 18.5. The maximum absolute atomic E-state index is 12.7. The minimum Gasteiger partial charge on any atom is -0.481 e. The van der Waals surface area contributed by atoms with Crippen LogP contribution < -0.4 is 38.9 Å². The molecule has 0 aromatic carbocycles. The number of primary amides is 3. The number of hydrogen-bond donors (Lipinski definition) is 9. The van der Waals surface area contributed by atoms with Gasteiger partial charge in [0.25, 0.3) is 0 Å². The molecule has 0 aromatic heterocycles. The third kappa shape index (κ3) is 13.1. The van der Waals surface area contributed by atoms with Crippen LogP contribution in [0.4, 0.5) is 0 Å². The fourth-order valence-corrected chi connectivity index (χ4v) is 2.62. The molecule has 0 saturated carbocycles. The van der Waals surface area contributed by atoms with Crippen LogP contribution in [0.2, 0.25) is 0 Å². The van der Waals surface area contributed by atoms with Gasteiger partial charge in [-0.1, -0.05) is 0 Å². The molecule has 0 aromatic rings. The van der Waals surface area contributed by atoms with Gasteiger partial charge in [-0.05, 0) is 12.8 Å². The van der Waals surface area contributed by atoms with E-state index in [4.69, 9.17) is 28.0 Å². The Morgan fingerprint density at radius 2 is 1.06 bits per heavy atom. The second-order valence-electron chi connectivity index (χ2n) is 7.41. The van der Waals surface area contributed by atoms with Crippen LogP contribution in [0.3, 0.4) is 0 Å². The van der Waals surface area contributed by atoms with Crippen LogP contribution in [0.5, 0.6) is 0 Å². The van der Waals surface area contributed by atoms with Crippen molar-refractivity contribution in [2.75, 3.05) is 0 Å². The molecule has 0 rings (SSSR count). The highest BCUT2D eigenvalue weighted by atomic mass is 16.4. The van der Waals surface area contributed by atoms with Gasteiger partial charge in [-0.2, -0.15) is 0 Å². The van der Waals surface area contributed by atoms with E-state index in [9.17, 15) is 43.5 Å². The van der Waals surface area contributed by atoms with E-state index in [0.29, 0.717) is 0 Å². The highest BCUT2D eigenvalue weighted by Crippen LogP contribution is 2.05. The summed E-state index contributed by atoms with van der Waals surface area (Å²) < 4.78 is 0. The van der Waals surface area contributed by atoms with E-state index in [1.165, 1.54) is 0 Å². The predicted octanol–water partition coefficient (Wildman–Crippen LogP) is -5.27. The molecule has 4 atom stereocenters. The van der Waals surface area contributed by atoms with Crippen LogP contribution in [0, 0.1) is 0 Å². The van der Waals surface area contributed by atoms with E-state index in [1.54, 1.807) is 0 Å². The van der Waals surface area contributed by atoms with Crippen LogP contribution in [0.25, 0.3) is 0 Å². The molecule has 0 radical (unpaired) electrons. The van der Waals surface area contributed by atoms with Crippen LogP contribution in [0.1, 0.15) is 38.5 Å². The highest BCUT2D eigenvalue weighted by Gasteiger charge is 2.31. The Morgan fingerprint density at radius 3 is 1.51 bits per heavy atom. The molecule has 0 bridgehead atoms. The average molecular weight is 503 g/mol. The van der Waals surface area contributed by atoms with Crippen LogP contribution in [0.15, 0.2) is 0 Å². The van der Waals surface area contributed by atoms with Gasteiger partial charge in [0.15, 0.2) is 0 Å². The van der Waals surface area contributed by atoms with Gasteiger partial charge in [0, 0.05) is 12.8 Å². The van der Waals surface area contributed by atoms with Crippen molar-refractivity contribution >= 4 is 47.4 Å². The van der Waals surface area contributed by atoms with Gasteiger partial charge in [0.1, 0.15) is 18.1 Å². The Kier molecular flexibility index (Phi) is 13.0. The Morgan fingerprint density at radius 1 is 0.600 bits per heavy atom. The van der Waals surface area contributed by atoms with Crippen molar-refractivity contribution in [3.8, 4) is 0 Å². The third-order valence-corrected chi connectivity index (χ3v) is 4.37. The molecule has 196 valence electrons. The van der Waals surface area contributed by atoms with Gasteiger partial charge >= 0.3 is 11.9 Å². The predicted molar refractivity (Wildman–Crippen MR) is 114 cm³/mol. The van der Waals surface area contributed by atoms with Crippen molar-refractivity contribution < 1.29 is 48.6 Å². The molecule has 0 aliphatic rings. The number of carbonyl (C=O) groups excluding carboxylic acids is 6. The number of carboxylic acid groups (broad SMARTS) is 2. The van der Waals surface area contributed by atoms with Gasteiger partial charge in [-0.25, -0.2) is 4.79 Å². The summed E-state index contributed by atoms with van der Waals surface area (Å²) in [6.45, 7) is 0. The van der Waals surface area contributed by atoms with Gasteiger partial charge < -0.3 is 49.1 Å². The number of aliphatic carboxylic acids is 2. The van der Waals surface area contributed by atoms with E-state index in [-0.39, 0.29) is 12.8 Å². The SMILES string of the molecule is NC(=O)CCC(NC(=O)C(CCC(=O)O)NC(=O)C(CC(N)=O)NC(=O)C(N)CC(N)=O)C(=O)O. The van der Waals surface area contributed by atoms with Crippen molar-refractivity contribution in [2.45, 2.75) is 62.7 Å². The molecule has 17 heteroatoms. The van der Waals surface area contributed by atoms with Gasteiger partial charge in [0.05, 0.1) is 18.9 Å². The Bertz CT molecular complexity index is 863. The second kappa shape index (κ2) is 14.8. The summed E-state index contributed by atoms with van der Waals surface area (Å²) in [5.41, 5.74) is 20.5. The molecule has 0 saturated heterocycles. The number of hydrogen-bond acceptors (Lipinski definition) is 9. The summed E-state index contributed by atoms with van der Waals surface area (Å²) in [7, 11) is 0. The fraction of sp³-hybridized carbons (Fsp3) is 0.556. The Labute approximate surface area is 198 Å². The maximum Gasteiger partial charge on any atom is 0.326 e. The van der Waals surface area contributed by atoms with E-state index in [2.05, 4.69) is 16.0 Å². The molecule has 0 heterocycles. The zero-order valence-electron chi connectivity index (χ0n) is 18.5.